The molecule has 0 amide bonds. The molecular formula is C22H29NO3. The first-order valence-corrected chi connectivity index (χ1v) is 8.88. The fourth-order valence-corrected chi connectivity index (χ4v) is 2.87. The van der Waals surface area contributed by atoms with Crippen LogP contribution < -0.4 is 4.74 Å². The third kappa shape index (κ3) is 5.33. The SMILES string of the molecule is CN(C)[C@@H](Cc1ccc(OCc2ccccc2)c(C(C)(C)C)c1)C(=O)O. The van der Waals surface area contributed by atoms with Gasteiger partial charge in [0.1, 0.15) is 18.4 Å². The van der Waals surface area contributed by atoms with E-state index < -0.39 is 12.0 Å². The van der Waals surface area contributed by atoms with Crippen molar-refractivity contribution >= 4 is 5.97 Å². The van der Waals surface area contributed by atoms with Gasteiger partial charge in [-0.1, -0.05) is 63.2 Å². The molecule has 0 radical (unpaired) electrons. The van der Waals surface area contributed by atoms with Crippen molar-refractivity contribution in [2.45, 2.75) is 45.3 Å². The lowest BCUT2D eigenvalue weighted by Gasteiger charge is -2.25. The van der Waals surface area contributed by atoms with Crippen LogP contribution in [0.3, 0.4) is 0 Å². The topological polar surface area (TPSA) is 49.8 Å². The molecule has 0 heterocycles. The van der Waals surface area contributed by atoms with Gasteiger partial charge in [-0.15, -0.1) is 0 Å². The van der Waals surface area contributed by atoms with Crippen molar-refractivity contribution in [3.8, 4) is 5.75 Å². The number of aliphatic carboxylic acids is 1. The molecule has 0 unspecified atom stereocenters. The maximum atomic E-state index is 11.5. The van der Waals surface area contributed by atoms with Crippen LogP contribution in [0.15, 0.2) is 48.5 Å². The molecule has 0 aliphatic rings. The maximum absolute atomic E-state index is 11.5. The molecular weight excluding hydrogens is 326 g/mol. The van der Waals surface area contributed by atoms with Crippen molar-refractivity contribution in [2.24, 2.45) is 0 Å². The largest absolute Gasteiger partial charge is 0.489 e. The highest BCUT2D eigenvalue weighted by Gasteiger charge is 2.23. The number of benzene rings is 2. The highest BCUT2D eigenvalue weighted by atomic mass is 16.5. The number of rotatable bonds is 7. The zero-order valence-electron chi connectivity index (χ0n) is 16.3. The Bertz CT molecular complexity index is 733. The molecule has 0 spiro atoms. The summed E-state index contributed by atoms with van der Waals surface area (Å²) in [5, 5.41) is 9.43. The van der Waals surface area contributed by atoms with Crippen LogP contribution in [0, 0.1) is 0 Å². The second-order valence-electron chi connectivity index (χ2n) is 7.88. The molecule has 1 atom stereocenters. The molecule has 0 aliphatic heterocycles. The Morgan fingerprint density at radius 1 is 1.08 bits per heavy atom. The van der Waals surface area contributed by atoms with Gasteiger partial charge in [-0.3, -0.25) is 9.69 Å². The summed E-state index contributed by atoms with van der Waals surface area (Å²) in [6.45, 7) is 6.94. The van der Waals surface area contributed by atoms with Gasteiger partial charge >= 0.3 is 5.97 Å². The molecule has 2 rings (SSSR count). The molecule has 140 valence electrons. The molecule has 4 heteroatoms. The Balaban J connectivity index is 2.25. The average molecular weight is 355 g/mol. The van der Waals surface area contributed by atoms with Gasteiger partial charge in [0.15, 0.2) is 0 Å². The highest BCUT2D eigenvalue weighted by Crippen LogP contribution is 2.33. The second-order valence-corrected chi connectivity index (χ2v) is 7.88. The Labute approximate surface area is 156 Å². The molecule has 4 nitrogen and oxygen atoms in total. The van der Waals surface area contributed by atoms with Crippen LogP contribution in [-0.2, 0) is 23.2 Å². The molecule has 1 N–H and O–H groups in total. The Morgan fingerprint density at radius 3 is 2.27 bits per heavy atom. The minimum absolute atomic E-state index is 0.0983. The molecule has 0 fully saturated rings. The number of carboxylic acids is 1. The van der Waals surface area contributed by atoms with Gasteiger partial charge in [0.25, 0.3) is 0 Å². The third-order valence-corrected chi connectivity index (χ3v) is 4.43. The van der Waals surface area contributed by atoms with E-state index in [1.54, 1.807) is 19.0 Å². The lowest BCUT2D eigenvalue weighted by molar-refractivity contribution is -0.142. The number of carbonyl (C=O) groups is 1. The zero-order chi connectivity index (χ0) is 19.3. The van der Waals surface area contributed by atoms with Crippen molar-refractivity contribution in [1.29, 1.82) is 0 Å². The van der Waals surface area contributed by atoms with E-state index >= 15 is 0 Å². The number of likely N-dealkylation sites (N-methyl/N-ethyl adjacent to an activating group) is 1. The van der Waals surface area contributed by atoms with Crippen LogP contribution in [-0.4, -0.2) is 36.1 Å². The van der Waals surface area contributed by atoms with Crippen LogP contribution in [0.4, 0.5) is 0 Å². The van der Waals surface area contributed by atoms with Gasteiger partial charge in [-0.05, 0) is 48.7 Å². The molecule has 0 aromatic heterocycles. The van der Waals surface area contributed by atoms with Crippen molar-refractivity contribution in [3.05, 3.63) is 65.2 Å². The predicted molar refractivity (Wildman–Crippen MR) is 105 cm³/mol. The molecule has 2 aromatic carbocycles. The molecule has 2 aromatic rings. The minimum Gasteiger partial charge on any atom is -0.489 e. The summed E-state index contributed by atoms with van der Waals surface area (Å²) in [4.78, 5) is 13.2. The van der Waals surface area contributed by atoms with Gasteiger partial charge in [-0.2, -0.15) is 0 Å². The zero-order valence-corrected chi connectivity index (χ0v) is 16.3. The first-order valence-electron chi connectivity index (χ1n) is 8.88. The van der Waals surface area contributed by atoms with Gasteiger partial charge in [-0.25, -0.2) is 0 Å². The van der Waals surface area contributed by atoms with Crippen LogP contribution in [0.5, 0.6) is 5.75 Å². The van der Waals surface area contributed by atoms with Gasteiger partial charge in [0.2, 0.25) is 0 Å². The van der Waals surface area contributed by atoms with Crippen molar-refractivity contribution in [1.82, 2.24) is 4.90 Å². The van der Waals surface area contributed by atoms with Crippen LogP contribution >= 0.6 is 0 Å². The molecule has 0 bridgehead atoms. The standard InChI is InChI=1S/C22H29NO3/c1-22(2,3)18-13-17(14-19(21(24)25)23(4)5)11-12-20(18)26-15-16-9-7-6-8-10-16/h6-13,19H,14-15H2,1-5H3,(H,24,25)/t19-/m0/s1. The lowest BCUT2D eigenvalue weighted by atomic mass is 9.84. The summed E-state index contributed by atoms with van der Waals surface area (Å²) >= 11 is 0. The summed E-state index contributed by atoms with van der Waals surface area (Å²) in [6, 6.07) is 15.5. The van der Waals surface area contributed by atoms with Crippen molar-refractivity contribution in [3.63, 3.8) is 0 Å². The van der Waals surface area contributed by atoms with E-state index in [1.165, 1.54) is 0 Å². The van der Waals surface area contributed by atoms with Crippen molar-refractivity contribution in [2.75, 3.05) is 14.1 Å². The average Bonchev–Trinajstić information content (AvgIpc) is 2.57. The van der Waals surface area contributed by atoms with Gasteiger partial charge < -0.3 is 9.84 Å². The van der Waals surface area contributed by atoms with E-state index in [9.17, 15) is 9.90 Å². The predicted octanol–water partition coefficient (Wildman–Crippen LogP) is 4.12. The molecule has 0 aliphatic carbocycles. The first-order chi connectivity index (χ1) is 12.2. The first kappa shape index (κ1) is 20.0. The number of hydrogen-bond acceptors (Lipinski definition) is 3. The van der Waals surface area contributed by atoms with Crippen LogP contribution in [0.1, 0.15) is 37.5 Å². The van der Waals surface area contributed by atoms with E-state index in [-0.39, 0.29) is 5.41 Å². The minimum atomic E-state index is -0.809. The van der Waals surface area contributed by atoms with Crippen LogP contribution in [0.25, 0.3) is 0 Å². The Hall–Kier alpha value is -2.33. The molecule has 0 saturated heterocycles. The summed E-state index contributed by atoms with van der Waals surface area (Å²) < 4.78 is 6.08. The van der Waals surface area contributed by atoms with E-state index in [0.717, 1.165) is 22.4 Å². The maximum Gasteiger partial charge on any atom is 0.321 e. The Morgan fingerprint density at radius 2 is 1.73 bits per heavy atom. The highest BCUT2D eigenvalue weighted by molar-refractivity contribution is 5.73. The summed E-state index contributed by atoms with van der Waals surface area (Å²) in [6.07, 6.45) is 0.463. The molecule has 0 saturated carbocycles. The number of carboxylic acid groups (broad SMARTS) is 1. The summed E-state index contributed by atoms with van der Waals surface area (Å²) in [7, 11) is 3.58. The smallest absolute Gasteiger partial charge is 0.321 e. The quantitative estimate of drug-likeness (QED) is 0.812. The van der Waals surface area contributed by atoms with E-state index in [4.69, 9.17) is 4.74 Å². The Kier molecular flexibility index (Phi) is 6.43. The van der Waals surface area contributed by atoms with E-state index in [2.05, 4.69) is 26.8 Å². The third-order valence-electron chi connectivity index (χ3n) is 4.43. The number of ether oxygens (including phenoxy) is 1. The number of hydrogen-bond donors (Lipinski definition) is 1. The van der Waals surface area contributed by atoms with E-state index in [0.29, 0.717) is 13.0 Å². The number of nitrogens with zero attached hydrogens (tertiary/aromatic N) is 1. The van der Waals surface area contributed by atoms with Crippen molar-refractivity contribution < 1.29 is 14.6 Å². The van der Waals surface area contributed by atoms with Gasteiger partial charge in [0, 0.05) is 0 Å². The monoisotopic (exact) mass is 355 g/mol. The fourth-order valence-electron chi connectivity index (χ4n) is 2.87. The lowest BCUT2D eigenvalue weighted by Crippen LogP contribution is -2.37. The fraction of sp³-hybridized carbons (Fsp3) is 0.409. The molecule has 26 heavy (non-hydrogen) atoms. The normalized spacial score (nSPS) is 12.8. The second kappa shape index (κ2) is 8.37. The summed E-state index contributed by atoms with van der Waals surface area (Å²) in [5.74, 6) is 0.0403. The van der Waals surface area contributed by atoms with E-state index in [1.807, 2.05) is 42.5 Å². The van der Waals surface area contributed by atoms with Crippen LogP contribution in [0.2, 0.25) is 0 Å². The summed E-state index contributed by atoms with van der Waals surface area (Å²) in [5.41, 5.74) is 3.12. The van der Waals surface area contributed by atoms with Gasteiger partial charge in [0.05, 0.1) is 0 Å².